The molecular weight excluding hydrogens is 443 g/mol. The zero-order valence-electron chi connectivity index (χ0n) is 15.4. The molecular formula is C19H15ClF3N3O3S. The van der Waals surface area contributed by atoms with Gasteiger partial charge < -0.3 is 4.74 Å². The topological polar surface area (TPSA) is 81.2 Å². The zero-order valence-corrected chi connectivity index (χ0v) is 17.0. The van der Waals surface area contributed by atoms with E-state index in [1.54, 1.807) is 37.4 Å². The van der Waals surface area contributed by atoms with Crippen LogP contribution in [0.1, 0.15) is 11.3 Å². The Hall–Kier alpha value is -2.69. The van der Waals surface area contributed by atoms with E-state index in [1.165, 1.54) is 6.33 Å². The highest BCUT2D eigenvalue weighted by Gasteiger charge is 2.32. The van der Waals surface area contributed by atoms with Crippen molar-refractivity contribution in [1.82, 2.24) is 14.7 Å². The molecule has 0 saturated heterocycles. The van der Waals surface area contributed by atoms with E-state index in [0.717, 1.165) is 11.6 Å². The maximum Gasteiger partial charge on any atom is 0.416 e. The number of nitrogens with zero attached hydrogens (tertiary/aromatic N) is 2. The lowest BCUT2D eigenvalue weighted by atomic mass is 10.1. The molecule has 6 nitrogen and oxygen atoms in total. The van der Waals surface area contributed by atoms with Gasteiger partial charge in [0, 0.05) is 5.56 Å². The molecule has 3 aromatic rings. The number of aromatic nitrogens is 2. The summed E-state index contributed by atoms with van der Waals surface area (Å²) in [6, 6.07) is 10.7. The van der Waals surface area contributed by atoms with E-state index in [4.69, 9.17) is 16.3 Å². The molecule has 0 aliphatic carbocycles. The van der Waals surface area contributed by atoms with Crippen LogP contribution in [0.25, 0.3) is 11.3 Å². The van der Waals surface area contributed by atoms with E-state index >= 15 is 0 Å². The molecule has 0 fully saturated rings. The second-order valence-corrected chi connectivity index (χ2v) is 8.23. The number of halogens is 4. The van der Waals surface area contributed by atoms with Crippen molar-refractivity contribution in [3.05, 3.63) is 71.1 Å². The Balaban J connectivity index is 1.81. The van der Waals surface area contributed by atoms with Crippen molar-refractivity contribution in [3.63, 3.8) is 0 Å². The van der Waals surface area contributed by atoms with E-state index in [1.807, 2.05) is 0 Å². The number of benzene rings is 2. The predicted molar refractivity (Wildman–Crippen MR) is 104 cm³/mol. The van der Waals surface area contributed by atoms with Crippen molar-refractivity contribution in [1.29, 1.82) is 0 Å². The highest BCUT2D eigenvalue weighted by atomic mass is 35.5. The van der Waals surface area contributed by atoms with Crippen LogP contribution in [0.2, 0.25) is 5.02 Å². The average Bonchev–Trinajstić information content (AvgIpc) is 2.72. The molecule has 1 heterocycles. The van der Waals surface area contributed by atoms with Crippen LogP contribution in [0.5, 0.6) is 5.75 Å². The van der Waals surface area contributed by atoms with Gasteiger partial charge in [-0.3, -0.25) is 0 Å². The van der Waals surface area contributed by atoms with Gasteiger partial charge in [-0.15, -0.1) is 0 Å². The maximum absolute atomic E-state index is 12.9. The minimum absolute atomic E-state index is 0.263. The Kier molecular flexibility index (Phi) is 6.30. The van der Waals surface area contributed by atoms with Gasteiger partial charge in [0.05, 0.1) is 35.6 Å². The molecule has 0 aliphatic heterocycles. The fourth-order valence-electron chi connectivity index (χ4n) is 2.55. The van der Waals surface area contributed by atoms with Gasteiger partial charge in [0.1, 0.15) is 17.0 Å². The van der Waals surface area contributed by atoms with Crippen LogP contribution in [-0.2, 0) is 22.7 Å². The Labute approximate surface area is 175 Å². The Bertz CT molecular complexity index is 1150. The summed E-state index contributed by atoms with van der Waals surface area (Å²) in [5.41, 5.74) is 0.501. The van der Waals surface area contributed by atoms with E-state index < -0.39 is 26.7 Å². The molecule has 30 heavy (non-hydrogen) atoms. The van der Waals surface area contributed by atoms with Crippen molar-refractivity contribution in [2.24, 2.45) is 0 Å². The summed E-state index contributed by atoms with van der Waals surface area (Å²) in [6.45, 7) is -0.263. The van der Waals surface area contributed by atoms with Crippen molar-refractivity contribution in [3.8, 4) is 17.0 Å². The van der Waals surface area contributed by atoms with Crippen LogP contribution >= 0.6 is 11.6 Å². The van der Waals surface area contributed by atoms with Gasteiger partial charge in [0.2, 0.25) is 10.0 Å². The molecule has 0 spiro atoms. The Morgan fingerprint density at radius 3 is 2.40 bits per heavy atom. The molecule has 1 aromatic heterocycles. The van der Waals surface area contributed by atoms with E-state index in [2.05, 4.69) is 14.7 Å². The molecule has 158 valence electrons. The lowest BCUT2D eigenvalue weighted by Gasteiger charge is -2.12. The van der Waals surface area contributed by atoms with Crippen LogP contribution in [0.15, 0.2) is 59.8 Å². The summed E-state index contributed by atoms with van der Waals surface area (Å²) in [7, 11) is -2.78. The Morgan fingerprint density at radius 2 is 1.77 bits per heavy atom. The lowest BCUT2D eigenvalue weighted by molar-refractivity contribution is -0.137. The second-order valence-electron chi connectivity index (χ2n) is 6.09. The molecule has 0 bridgehead atoms. The molecule has 11 heteroatoms. The van der Waals surface area contributed by atoms with Crippen LogP contribution in [-0.4, -0.2) is 25.5 Å². The molecule has 0 aliphatic rings. The van der Waals surface area contributed by atoms with Gasteiger partial charge in [-0.25, -0.2) is 23.1 Å². The summed E-state index contributed by atoms with van der Waals surface area (Å²) in [5.74, 6) is 0.666. The largest absolute Gasteiger partial charge is 0.497 e. The second kappa shape index (κ2) is 8.58. The highest BCUT2D eigenvalue weighted by molar-refractivity contribution is 7.89. The zero-order chi connectivity index (χ0) is 21.9. The third-order valence-electron chi connectivity index (χ3n) is 4.10. The van der Waals surface area contributed by atoms with Gasteiger partial charge in [-0.2, -0.15) is 13.2 Å². The molecule has 3 rings (SSSR count). The van der Waals surface area contributed by atoms with Gasteiger partial charge in [-0.1, -0.05) is 11.6 Å². The van der Waals surface area contributed by atoms with Crippen molar-refractivity contribution >= 4 is 21.6 Å². The number of hydrogen-bond acceptors (Lipinski definition) is 5. The first-order chi connectivity index (χ1) is 14.1. The van der Waals surface area contributed by atoms with Crippen molar-refractivity contribution < 1.29 is 26.3 Å². The SMILES string of the molecule is COc1ccc(-c2cc(CNS(=O)(=O)c3cc(C(F)(F)F)ccc3Cl)ncn2)cc1. The smallest absolute Gasteiger partial charge is 0.416 e. The minimum Gasteiger partial charge on any atom is -0.497 e. The van der Waals surface area contributed by atoms with Gasteiger partial charge >= 0.3 is 6.18 Å². The van der Waals surface area contributed by atoms with Crippen molar-refractivity contribution in [2.75, 3.05) is 7.11 Å². The van der Waals surface area contributed by atoms with Crippen LogP contribution in [0.3, 0.4) is 0 Å². The third kappa shape index (κ3) is 5.07. The van der Waals surface area contributed by atoms with Crippen LogP contribution < -0.4 is 9.46 Å². The number of hydrogen-bond donors (Lipinski definition) is 1. The number of nitrogens with one attached hydrogen (secondary N) is 1. The van der Waals surface area contributed by atoms with E-state index in [9.17, 15) is 21.6 Å². The first kappa shape index (κ1) is 22.0. The quantitative estimate of drug-likeness (QED) is 0.596. The van der Waals surface area contributed by atoms with E-state index in [0.29, 0.717) is 29.3 Å². The Morgan fingerprint density at radius 1 is 1.07 bits per heavy atom. The first-order valence-electron chi connectivity index (χ1n) is 8.42. The predicted octanol–water partition coefficient (Wildman–Crippen LogP) is 4.30. The maximum atomic E-state index is 12.9. The minimum atomic E-state index is -4.70. The first-order valence-corrected chi connectivity index (χ1v) is 10.3. The fraction of sp³-hybridized carbons (Fsp3) is 0.158. The highest BCUT2D eigenvalue weighted by Crippen LogP contribution is 2.33. The third-order valence-corrected chi connectivity index (χ3v) is 5.98. The number of methoxy groups -OCH3 is 1. The molecule has 0 radical (unpaired) electrons. The van der Waals surface area contributed by atoms with Gasteiger partial charge in [-0.05, 0) is 48.5 Å². The fourth-order valence-corrected chi connectivity index (χ4v) is 4.07. The molecule has 1 N–H and O–H groups in total. The summed E-state index contributed by atoms with van der Waals surface area (Å²) in [5, 5.41) is -0.322. The monoisotopic (exact) mass is 457 g/mol. The molecule has 0 saturated carbocycles. The normalized spacial score (nSPS) is 12.0. The number of sulfonamides is 1. The van der Waals surface area contributed by atoms with Gasteiger partial charge in [0.15, 0.2) is 0 Å². The van der Waals surface area contributed by atoms with Crippen LogP contribution in [0, 0.1) is 0 Å². The van der Waals surface area contributed by atoms with Crippen molar-refractivity contribution in [2.45, 2.75) is 17.6 Å². The number of ether oxygens (including phenoxy) is 1. The van der Waals surface area contributed by atoms with E-state index in [-0.39, 0.29) is 11.6 Å². The summed E-state index contributed by atoms with van der Waals surface area (Å²) >= 11 is 5.82. The molecule has 0 unspecified atom stereocenters. The summed E-state index contributed by atoms with van der Waals surface area (Å²) in [6.07, 6.45) is -3.44. The number of alkyl halides is 3. The summed E-state index contributed by atoms with van der Waals surface area (Å²) < 4.78 is 71.1. The molecule has 0 amide bonds. The average molecular weight is 458 g/mol. The molecule has 2 aromatic carbocycles. The van der Waals surface area contributed by atoms with Gasteiger partial charge in [0.25, 0.3) is 0 Å². The lowest BCUT2D eigenvalue weighted by Crippen LogP contribution is -2.24. The van der Waals surface area contributed by atoms with Crippen LogP contribution in [0.4, 0.5) is 13.2 Å². The number of rotatable bonds is 6. The summed E-state index contributed by atoms with van der Waals surface area (Å²) in [4.78, 5) is 7.48. The molecule has 0 atom stereocenters. The standard InChI is InChI=1S/C19H15ClF3N3O3S/c1-29-15-5-2-12(3-6-15)17-9-14(24-11-25-17)10-26-30(27,28)18-8-13(19(21,22)23)4-7-16(18)20/h2-9,11,26H,10H2,1H3.